The van der Waals surface area contributed by atoms with Crippen molar-refractivity contribution in [3.63, 3.8) is 0 Å². The minimum Gasteiger partial charge on any atom is -0.379 e. The second-order valence-corrected chi connectivity index (χ2v) is 10.2. The lowest BCUT2D eigenvalue weighted by Gasteiger charge is -2.26. The molecule has 10 heteroatoms. The van der Waals surface area contributed by atoms with E-state index in [1.807, 2.05) is 6.92 Å². The maximum Gasteiger partial charge on any atom is 0.276 e. The molecular formula is C19H23N3O5S2. The second-order valence-electron chi connectivity index (χ2n) is 6.65. The van der Waals surface area contributed by atoms with Gasteiger partial charge in [0.25, 0.3) is 10.0 Å². The van der Waals surface area contributed by atoms with Crippen LogP contribution in [0.5, 0.6) is 0 Å². The van der Waals surface area contributed by atoms with Gasteiger partial charge in [0.2, 0.25) is 10.0 Å². The van der Waals surface area contributed by atoms with Crippen LogP contribution in [0.4, 0.5) is 0 Å². The first kappa shape index (κ1) is 21.4. The van der Waals surface area contributed by atoms with E-state index < -0.39 is 20.0 Å². The molecule has 1 aliphatic rings. The zero-order valence-electron chi connectivity index (χ0n) is 16.2. The van der Waals surface area contributed by atoms with E-state index in [-0.39, 0.29) is 9.79 Å². The highest BCUT2D eigenvalue weighted by Crippen LogP contribution is 2.18. The molecule has 0 amide bonds. The fraction of sp³-hybridized carbons (Fsp3) is 0.316. The Balaban J connectivity index is 1.74. The molecule has 1 aliphatic heterocycles. The van der Waals surface area contributed by atoms with Gasteiger partial charge < -0.3 is 4.74 Å². The van der Waals surface area contributed by atoms with Gasteiger partial charge in [0.05, 0.1) is 28.7 Å². The molecule has 1 N–H and O–H groups in total. The Kier molecular flexibility index (Phi) is 6.37. The van der Waals surface area contributed by atoms with Crippen LogP contribution >= 0.6 is 0 Å². The van der Waals surface area contributed by atoms with Crippen LogP contribution in [0.15, 0.2) is 63.4 Å². The first-order valence-electron chi connectivity index (χ1n) is 9.01. The summed E-state index contributed by atoms with van der Waals surface area (Å²) >= 11 is 0. The van der Waals surface area contributed by atoms with E-state index in [1.165, 1.54) is 28.6 Å². The molecule has 3 rings (SSSR count). The molecule has 156 valence electrons. The summed E-state index contributed by atoms with van der Waals surface area (Å²) in [7, 11) is -7.36. The lowest BCUT2D eigenvalue weighted by Crippen LogP contribution is -2.40. The monoisotopic (exact) mass is 437 g/mol. The Labute approximate surface area is 171 Å². The summed E-state index contributed by atoms with van der Waals surface area (Å²) in [4.78, 5) is 2.50. The smallest absolute Gasteiger partial charge is 0.276 e. The molecule has 0 radical (unpaired) electrons. The van der Waals surface area contributed by atoms with Crippen molar-refractivity contribution in [2.75, 3.05) is 26.3 Å². The quantitative estimate of drug-likeness (QED) is 0.547. The van der Waals surface area contributed by atoms with Crippen LogP contribution in [0.2, 0.25) is 0 Å². The van der Waals surface area contributed by atoms with Crippen molar-refractivity contribution in [1.82, 2.24) is 9.14 Å². The van der Waals surface area contributed by atoms with E-state index in [1.54, 1.807) is 31.2 Å². The number of sulfonamides is 2. The molecule has 0 aliphatic carbocycles. The fourth-order valence-corrected chi connectivity index (χ4v) is 5.03. The molecule has 2 aromatic rings. The zero-order chi connectivity index (χ0) is 21.1. The van der Waals surface area contributed by atoms with Crippen molar-refractivity contribution < 1.29 is 21.6 Å². The Morgan fingerprint density at radius 2 is 1.48 bits per heavy atom. The molecule has 8 nitrogen and oxygen atoms in total. The maximum absolute atomic E-state index is 12.7. The lowest BCUT2D eigenvalue weighted by molar-refractivity contribution is 0.0730. The average molecular weight is 438 g/mol. The van der Waals surface area contributed by atoms with Gasteiger partial charge in [0, 0.05) is 13.1 Å². The molecule has 1 heterocycles. The van der Waals surface area contributed by atoms with Crippen molar-refractivity contribution >= 4 is 25.8 Å². The van der Waals surface area contributed by atoms with E-state index in [0.717, 1.165) is 5.56 Å². The largest absolute Gasteiger partial charge is 0.379 e. The number of ether oxygens (including phenoxy) is 1. The third-order valence-corrected chi connectivity index (χ3v) is 7.68. The highest BCUT2D eigenvalue weighted by molar-refractivity contribution is 7.89. The third kappa shape index (κ3) is 5.02. The number of hydrogen-bond donors (Lipinski definition) is 1. The number of hydrazone groups is 1. The second kappa shape index (κ2) is 8.62. The number of rotatable bonds is 6. The van der Waals surface area contributed by atoms with Gasteiger partial charge in [-0.25, -0.2) is 8.42 Å². The van der Waals surface area contributed by atoms with Crippen LogP contribution in [0.1, 0.15) is 18.1 Å². The van der Waals surface area contributed by atoms with Gasteiger partial charge in [-0.05, 0) is 43.7 Å². The van der Waals surface area contributed by atoms with Crippen LogP contribution < -0.4 is 4.83 Å². The van der Waals surface area contributed by atoms with Crippen LogP contribution in [-0.4, -0.2) is 53.2 Å². The van der Waals surface area contributed by atoms with Gasteiger partial charge in [-0.3, -0.25) is 0 Å². The summed E-state index contributed by atoms with van der Waals surface area (Å²) in [5.74, 6) is 0. The fourth-order valence-electron chi connectivity index (χ4n) is 2.77. The van der Waals surface area contributed by atoms with Crippen LogP contribution in [-0.2, 0) is 24.8 Å². The van der Waals surface area contributed by atoms with Gasteiger partial charge in [-0.2, -0.15) is 22.7 Å². The molecular weight excluding hydrogens is 414 g/mol. The van der Waals surface area contributed by atoms with Crippen molar-refractivity contribution in [2.24, 2.45) is 5.10 Å². The Hall–Kier alpha value is -2.27. The van der Waals surface area contributed by atoms with Crippen molar-refractivity contribution in [3.05, 3.63) is 59.7 Å². The van der Waals surface area contributed by atoms with Crippen LogP contribution in [0, 0.1) is 6.92 Å². The molecule has 0 bridgehead atoms. The number of nitrogens with zero attached hydrogens (tertiary/aromatic N) is 2. The third-order valence-electron chi connectivity index (χ3n) is 4.54. The van der Waals surface area contributed by atoms with Gasteiger partial charge in [-0.15, -0.1) is 0 Å². The van der Waals surface area contributed by atoms with Crippen molar-refractivity contribution in [3.8, 4) is 0 Å². The van der Waals surface area contributed by atoms with E-state index in [2.05, 4.69) is 9.93 Å². The van der Waals surface area contributed by atoms with E-state index in [9.17, 15) is 16.8 Å². The van der Waals surface area contributed by atoms with Crippen LogP contribution in [0.3, 0.4) is 0 Å². The van der Waals surface area contributed by atoms with E-state index >= 15 is 0 Å². The summed E-state index contributed by atoms with van der Waals surface area (Å²) in [6.45, 7) is 4.92. The topological polar surface area (TPSA) is 105 Å². The molecule has 1 saturated heterocycles. The summed E-state index contributed by atoms with van der Waals surface area (Å²) in [5.41, 5.74) is 1.98. The highest BCUT2D eigenvalue weighted by atomic mass is 32.2. The molecule has 0 saturated carbocycles. The highest BCUT2D eigenvalue weighted by Gasteiger charge is 2.26. The number of nitrogens with one attached hydrogen (secondary N) is 1. The maximum atomic E-state index is 12.7. The molecule has 0 unspecified atom stereocenters. The van der Waals surface area contributed by atoms with Gasteiger partial charge in [-0.1, -0.05) is 29.8 Å². The summed E-state index contributed by atoms with van der Waals surface area (Å²) in [6.07, 6.45) is 0. The summed E-state index contributed by atoms with van der Waals surface area (Å²) < 4.78 is 56.5. The molecule has 2 aromatic carbocycles. The van der Waals surface area contributed by atoms with E-state index in [4.69, 9.17) is 4.74 Å². The molecule has 0 atom stereocenters. The normalized spacial score (nSPS) is 16.6. The molecule has 29 heavy (non-hydrogen) atoms. The standard InChI is InChI=1S/C19H23N3O5S2/c1-15-3-7-18(8-4-15)28(23,24)21-20-16(2)17-5-9-19(10-6-17)29(25,26)22-11-13-27-14-12-22/h3-10,21H,11-14H2,1-2H3/b20-16+. The van der Waals surface area contributed by atoms with E-state index in [0.29, 0.717) is 37.6 Å². The molecule has 0 spiro atoms. The van der Waals surface area contributed by atoms with Crippen LogP contribution in [0.25, 0.3) is 0 Å². The van der Waals surface area contributed by atoms with Gasteiger partial charge in [0.1, 0.15) is 0 Å². The number of aryl methyl sites for hydroxylation is 1. The molecule has 0 aromatic heterocycles. The first-order chi connectivity index (χ1) is 13.7. The number of morpholine rings is 1. The summed E-state index contributed by atoms with van der Waals surface area (Å²) in [5, 5.41) is 3.95. The minimum atomic E-state index is -3.78. The van der Waals surface area contributed by atoms with Gasteiger partial charge in [0.15, 0.2) is 0 Å². The average Bonchev–Trinajstić information content (AvgIpc) is 2.73. The lowest BCUT2D eigenvalue weighted by atomic mass is 10.1. The number of benzene rings is 2. The van der Waals surface area contributed by atoms with Crippen molar-refractivity contribution in [2.45, 2.75) is 23.6 Å². The minimum absolute atomic E-state index is 0.117. The Morgan fingerprint density at radius 1 is 0.931 bits per heavy atom. The predicted octanol–water partition coefficient (Wildman–Crippen LogP) is 1.72. The summed E-state index contributed by atoms with van der Waals surface area (Å²) in [6, 6.07) is 12.6. The number of hydrogen-bond acceptors (Lipinski definition) is 6. The van der Waals surface area contributed by atoms with Gasteiger partial charge >= 0.3 is 0 Å². The Morgan fingerprint density at radius 3 is 2.07 bits per heavy atom. The first-order valence-corrected chi connectivity index (χ1v) is 11.9. The SMILES string of the molecule is C/C(=N\NS(=O)(=O)c1ccc(C)cc1)c1ccc(S(=O)(=O)N2CCOCC2)cc1. The zero-order valence-corrected chi connectivity index (χ0v) is 17.8. The Bertz CT molecular complexity index is 1090. The van der Waals surface area contributed by atoms with Crippen molar-refractivity contribution in [1.29, 1.82) is 0 Å². The molecule has 1 fully saturated rings. The predicted molar refractivity (Wildman–Crippen MR) is 110 cm³/mol.